The highest BCUT2D eigenvalue weighted by Gasteiger charge is 2.38. The van der Waals surface area contributed by atoms with Crippen LogP contribution in [0, 0.1) is 0 Å². The number of rotatable bonds is 7. The highest BCUT2D eigenvalue weighted by molar-refractivity contribution is 6.32. The zero-order chi connectivity index (χ0) is 23.5. The lowest BCUT2D eigenvalue weighted by Gasteiger charge is -2.26. The summed E-state index contributed by atoms with van der Waals surface area (Å²) in [7, 11) is 0. The van der Waals surface area contributed by atoms with E-state index in [-0.39, 0.29) is 10.7 Å². The number of hydrogen-bond acceptors (Lipinski definition) is 4. The van der Waals surface area contributed by atoms with E-state index in [1.807, 2.05) is 0 Å². The van der Waals surface area contributed by atoms with E-state index in [1.54, 1.807) is 30.3 Å². The van der Waals surface area contributed by atoms with Gasteiger partial charge >= 0.3 is 12.1 Å². The van der Waals surface area contributed by atoms with E-state index in [2.05, 4.69) is 10.4 Å². The lowest BCUT2D eigenvalue weighted by Crippen LogP contribution is -2.51. The van der Waals surface area contributed by atoms with Crippen LogP contribution >= 0.6 is 11.6 Å². The molecule has 1 amide bonds. The number of nitrogens with zero attached hydrogens (tertiary/aromatic N) is 2. The molecule has 0 saturated carbocycles. The van der Waals surface area contributed by atoms with Crippen molar-refractivity contribution in [2.75, 3.05) is 6.61 Å². The van der Waals surface area contributed by atoms with Gasteiger partial charge in [0.15, 0.2) is 17.8 Å². The number of ether oxygens (including phenoxy) is 1. The third kappa shape index (κ3) is 4.86. The van der Waals surface area contributed by atoms with E-state index >= 15 is 0 Å². The quantitative estimate of drug-likeness (QED) is 0.547. The Hall–Kier alpha value is -3.53. The first-order valence-corrected chi connectivity index (χ1v) is 9.55. The molecular weight excluding hydrogens is 451 g/mol. The van der Waals surface area contributed by atoms with Crippen LogP contribution in [0.1, 0.15) is 18.2 Å². The summed E-state index contributed by atoms with van der Waals surface area (Å²) < 4.78 is 45.7. The predicted molar refractivity (Wildman–Crippen MR) is 109 cm³/mol. The standard InChI is InChI=1S/C21H17ClF3N3O4/c1-20(19(30)31,13-7-3-2-4-8-13)26-17(29)12-32-18-11-16(21(23,24)25)27-28(18)15-10-6-5-9-14(15)22/h2-11H,12H2,1H3,(H,26,29)(H,30,31)/t20-/m0/s1. The first-order chi connectivity index (χ1) is 15.0. The van der Waals surface area contributed by atoms with Crippen LogP contribution < -0.4 is 10.1 Å². The number of carbonyl (C=O) groups is 2. The lowest BCUT2D eigenvalue weighted by molar-refractivity contribution is -0.147. The molecule has 3 rings (SSSR count). The van der Waals surface area contributed by atoms with E-state index < -0.39 is 41.8 Å². The molecule has 0 aliphatic heterocycles. The number of hydrogen-bond donors (Lipinski definition) is 2. The van der Waals surface area contributed by atoms with Crippen molar-refractivity contribution in [2.45, 2.75) is 18.6 Å². The number of carbonyl (C=O) groups excluding carboxylic acids is 1. The Labute approximate surface area is 185 Å². The second-order valence-electron chi connectivity index (χ2n) is 6.86. The van der Waals surface area contributed by atoms with Crippen LogP contribution in [0.4, 0.5) is 13.2 Å². The molecule has 11 heteroatoms. The number of benzene rings is 2. The molecule has 0 radical (unpaired) electrons. The van der Waals surface area contributed by atoms with Gasteiger partial charge in [-0.25, -0.2) is 4.79 Å². The highest BCUT2D eigenvalue weighted by Crippen LogP contribution is 2.33. The van der Waals surface area contributed by atoms with Gasteiger partial charge in [0.25, 0.3) is 5.91 Å². The number of para-hydroxylation sites is 1. The minimum Gasteiger partial charge on any atom is -0.479 e. The summed E-state index contributed by atoms with van der Waals surface area (Å²) in [6, 6.07) is 14.6. The van der Waals surface area contributed by atoms with Gasteiger partial charge in [-0.3, -0.25) is 4.79 Å². The molecule has 0 fully saturated rings. The van der Waals surface area contributed by atoms with Crippen LogP contribution in [0.3, 0.4) is 0 Å². The Kier molecular flexibility index (Phi) is 6.45. The van der Waals surface area contributed by atoms with Crippen molar-refractivity contribution in [1.82, 2.24) is 15.1 Å². The third-order valence-corrected chi connectivity index (χ3v) is 4.89. The summed E-state index contributed by atoms with van der Waals surface area (Å²) in [5.41, 5.74) is -2.60. The minimum absolute atomic E-state index is 0.111. The van der Waals surface area contributed by atoms with E-state index in [4.69, 9.17) is 16.3 Å². The predicted octanol–water partition coefficient (Wildman–Crippen LogP) is 4.04. The van der Waals surface area contributed by atoms with Crippen molar-refractivity contribution >= 4 is 23.5 Å². The van der Waals surface area contributed by atoms with Crippen LogP contribution in [0.5, 0.6) is 5.88 Å². The van der Waals surface area contributed by atoms with Gasteiger partial charge < -0.3 is 15.2 Å². The van der Waals surface area contributed by atoms with Crippen molar-refractivity contribution < 1.29 is 32.6 Å². The topological polar surface area (TPSA) is 93.5 Å². The lowest BCUT2D eigenvalue weighted by atomic mass is 9.92. The van der Waals surface area contributed by atoms with E-state index in [0.717, 1.165) is 4.68 Å². The van der Waals surface area contributed by atoms with Gasteiger partial charge in [0.05, 0.1) is 10.7 Å². The molecular formula is C21H17ClF3N3O4. The number of aromatic nitrogens is 2. The van der Waals surface area contributed by atoms with Gasteiger partial charge in [-0.15, -0.1) is 0 Å². The average Bonchev–Trinajstić information content (AvgIpc) is 3.17. The molecule has 2 aromatic carbocycles. The van der Waals surface area contributed by atoms with Gasteiger partial charge in [0.1, 0.15) is 0 Å². The van der Waals surface area contributed by atoms with E-state index in [1.165, 1.54) is 31.2 Å². The summed E-state index contributed by atoms with van der Waals surface area (Å²) in [6.45, 7) is 0.529. The average molecular weight is 468 g/mol. The molecule has 7 nitrogen and oxygen atoms in total. The molecule has 0 bridgehead atoms. The van der Waals surface area contributed by atoms with Crippen LogP contribution in [-0.2, 0) is 21.3 Å². The number of alkyl halides is 3. The molecule has 32 heavy (non-hydrogen) atoms. The third-order valence-electron chi connectivity index (χ3n) is 4.57. The minimum atomic E-state index is -4.76. The molecule has 0 unspecified atom stereocenters. The maximum Gasteiger partial charge on any atom is 0.435 e. The van der Waals surface area contributed by atoms with Crippen LogP contribution in [-0.4, -0.2) is 33.4 Å². The Bertz CT molecular complexity index is 1130. The zero-order valence-electron chi connectivity index (χ0n) is 16.6. The van der Waals surface area contributed by atoms with Gasteiger partial charge in [0, 0.05) is 6.07 Å². The van der Waals surface area contributed by atoms with Gasteiger partial charge in [-0.2, -0.15) is 23.0 Å². The molecule has 1 heterocycles. The summed E-state index contributed by atoms with van der Waals surface area (Å²) >= 11 is 6.06. The number of carboxylic acid groups (broad SMARTS) is 1. The smallest absolute Gasteiger partial charge is 0.435 e. The van der Waals surface area contributed by atoms with Gasteiger partial charge in [0.2, 0.25) is 5.88 Å². The molecule has 0 spiro atoms. The molecule has 1 atom stereocenters. The molecule has 1 aromatic heterocycles. The number of amides is 1. The van der Waals surface area contributed by atoms with Crippen molar-refractivity contribution in [1.29, 1.82) is 0 Å². The number of halogens is 4. The Balaban J connectivity index is 1.84. The molecule has 2 N–H and O–H groups in total. The number of aliphatic carboxylic acids is 1. The molecule has 3 aromatic rings. The zero-order valence-corrected chi connectivity index (χ0v) is 17.3. The molecule has 0 aliphatic rings. The second kappa shape index (κ2) is 8.91. The highest BCUT2D eigenvalue weighted by atomic mass is 35.5. The molecule has 0 aliphatic carbocycles. The van der Waals surface area contributed by atoms with Crippen molar-refractivity contribution in [3.8, 4) is 11.6 Å². The Morgan fingerprint density at radius 2 is 1.75 bits per heavy atom. The van der Waals surface area contributed by atoms with Crippen molar-refractivity contribution in [3.63, 3.8) is 0 Å². The van der Waals surface area contributed by atoms with Gasteiger partial charge in [-0.05, 0) is 24.6 Å². The molecule has 0 saturated heterocycles. The van der Waals surface area contributed by atoms with Crippen LogP contribution in [0.25, 0.3) is 5.69 Å². The molecule has 168 valence electrons. The SMILES string of the molecule is C[C@@](NC(=O)COc1cc(C(F)(F)F)nn1-c1ccccc1Cl)(C(=O)O)c1ccccc1. The fourth-order valence-electron chi connectivity index (χ4n) is 2.88. The van der Waals surface area contributed by atoms with Crippen LogP contribution in [0.15, 0.2) is 60.7 Å². The van der Waals surface area contributed by atoms with Gasteiger partial charge in [-0.1, -0.05) is 54.1 Å². The van der Waals surface area contributed by atoms with Crippen LogP contribution in [0.2, 0.25) is 5.02 Å². The fraction of sp³-hybridized carbons (Fsp3) is 0.190. The normalized spacial score (nSPS) is 13.3. The maximum atomic E-state index is 13.2. The number of nitrogens with one attached hydrogen (secondary N) is 1. The first kappa shape index (κ1) is 23.1. The second-order valence-corrected chi connectivity index (χ2v) is 7.27. The Morgan fingerprint density at radius 1 is 1.12 bits per heavy atom. The summed E-state index contributed by atoms with van der Waals surface area (Å²) in [6.07, 6.45) is -4.76. The fourth-order valence-corrected chi connectivity index (χ4v) is 3.09. The first-order valence-electron chi connectivity index (χ1n) is 9.17. The number of carboxylic acids is 1. The largest absolute Gasteiger partial charge is 0.479 e. The van der Waals surface area contributed by atoms with Crippen molar-refractivity contribution in [2.24, 2.45) is 0 Å². The van der Waals surface area contributed by atoms with E-state index in [0.29, 0.717) is 11.6 Å². The maximum absolute atomic E-state index is 13.2. The monoisotopic (exact) mass is 467 g/mol. The summed E-state index contributed by atoms with van der Waals surface area (Å²) in [5, 5.41) is 15.6. The summed E-state index contributed by atoms with van der Waals surface area (Å²) in [5.74, 6) is -2.57. The summed E-state index contributed by atoms with van der Waals surface area (Å²) in [4.78, 5) is 24.3. The van der Waals surface area contributed by atoms with Crippen molar-refractivity contribution in [3.05, 3.63) is 76.9 Å². The Morgan fingerprint density at radius 3 is 2.34 bits per heavy atom. The van der Waals surface area contributed by atoms with E-state index in [9.17, 15) is 27.9 Å².